The van der Waals surface area contributed by atoms with Crippen LogP contribution in [0.1, 0.15) is 16.7 Å². The Balaban J connectivity index is 1.36. The number of rotatable bonds is 5. The molecule has 5 rings (SSSR count). The Morgan fingerprint density at radius 2 is 2.06 bits per heavy atom. The number of hydrogen-bond acceptors (Lipinski definition) is 6. The minimum Gasteiger partial charge on any atom is -0.374 e. The number of ether oxygens (including phenoxy) is 1. The Kier molecular flexibility index (Phi) is 6.82. The highest BCUT2D eigenvalue weighted by molar-refractivity contribution is 8.18. The van der Waals surface area contributed by atoms with Gasteiger partial charge >= 0.3 is 6.18 Å². The van der Waals surface area contributed by atoms with E-state index in [4.69, 9.17) is 16.3 Å². The third kappa shape index (κ3) is 5.15. The van der Waals surface area contributed by atoms with E-state index in [9.17, 15) is 22.8 Å². The molecule has 0 bridgehead atoms. The van der Waals surface area contributed by atoms with Crippen LogP contribution in [0.5, 0.6) is 0 Å². The fourth-order valence-corrected chi connectivity index (χ4v) is 5.20. The summed E-state index contributed by atoms with van der Waals surface area (Å²) in [5.74, 6) is -0.377. The van der Waals surface area contributed by atoms with Gasteiger partial charge < -0.3 is 10.1 Å². The third-order valence-electron chi connectivity index (χ3n) is 5.93. The second-order valence-electron chi connectivity index (χ2n) is 8.41. The Bertz CT molecular complexity index is 1370. The van der Waals surface area contributed by atoms with Gasteiger partial charge in [-0.15, -0.1) is 0 Å². The van der Waals surface area contributed by atoms with E-state index in [1.54, 1.807) is 30.5 Å². The predicted molar refractivity (Wildman–Crippen MR) is 131 cm³/mol. The van der Waals surface area contributed by atoms with Gasteiger partial charge in [0.15, 0.2) is 0 Å². The van der Waals surface area contributed by atoms with E-state index in [1.165, 1.54) is 21.7 Å². The first-order valence-electron chi connectivity index (χ1n) is 11.1. The summed E-state index contributed by atoms with van der Waals surface area (Å²) in [5.41, 5.74) is 0.545. The summed E-state index contributed by atoms with van der Waals surface area (Å²) in [7, 11) is 0. The molecule has 0 radical (unpaired) electrons. The van der Waals surface area contributed by atoms with E-state index in [0.29, 0.717) is 34.5 Å². The predicted octanol–water partition coefficient (Wildman–Crippen LogP) is 4.78. The second kappa shape index (κ2) is 9.89. The Morgan fingerprint density at radius 1 is 1.22 bits per heavy atom. The Hall–Kier alpha value is -2.86. The number of hydrogen-bond donors (Lipinski definition) is 1. The number of nitrogens with one attached hydrogen (secondary N) is 1. The van der Waals surface area contributed by atoms with Gasteiger partial charge in [-0.25, -0.2) is 0 Å². The molecule has 2 aliphatic rings. The van der Waals surface area contributed by atoms with Gasteiger partial charge in [0.25, 0.3) is 11.1 Å². The van der Waals surface area contributed by atoms with Crippen molar-refractivity contribution < 1.29 is 27.5 Å². The maximum absolute atomic E-state index is 13.5. The molecule has 3 heterocycles. The fourth-order valence-electron chi connectivity index (χ4n) is 4.18. The smallest absolute Gasteiger partial charge is 0.374 e. The highest BCUT2D eigenvalue weighted by atomic mass is 35.5. The molecule has 0 aliphatic carbocycles. The largest absolute Gasteiger partial charge is 0.416 e. The molecule has 0 spiro atoms. The number of fused-ring (bicyclic) bond motifs is 1. The molecule has 2 saturated heterocycles. The van der Waals surface area contributed by atoms with E-state index < -0.39 is 11.7 Å². The second-order valence-corrected chi connectivity index (χ2v) is 9.84. The van der Waals surface area contributed by atoms with Crippen LogP contribution in [0.2, 0.25) is 5.02 Å². The van der Waals surface area contributed by atoms with Gasteiger partial charge in [-0.2, -0.15) is 18.3 Å². The molecule has 2 amide bonds. The number of benzene rings is 2. The van der Waals surface area contributed by atoms with Gasteiger partial charge in [-0.3, -0.25) is 19.2 Å². The van der Waals surface area contributed by atoms with E-state index in [1.807, 2.05) is 0 Å². The fraction of sp³-hybridized carbons (Fsp3) is 0.292. The van der Waals surface area contributed by atoms with Crippen molar-refractivity contribution in [2.45, 2.75) is 18.8 Å². The molecule has 0 saturated carbocycles. The Morgan fingerprint density at radius 3 is 2.81 bits per heavy atom. The van der Waals surface area contributed by atoms with Crippen LogP contribution in [0.25, 0.3) is 17.0 Å². The minimum atomic E-state index is -4.54. The number of amides is 2. The zero-order valence-corrected chi connectivity index (χ0v) is 20.3. The summed E-state index contributed by atoms with van der Waals surface area (Å²) in [4.78, 5) is 26.7. The SMILES string of the molecule is O=C1SC(=Cc2ccc3c(cnn3Cc3ccc(Cl)cc3C(F)(F)F)c2)C(=O)N1C[C@@H]1CNCCO1. The number of aromatic nitrogens is 2. The van der Waals surface area contributed by atoms with Crippen LogP contribution in [0, 0.1) is 0 Å². The standard InChI is InChI=1S/C24H20ClF3N4O3S/c25-17-3-2-15(19(9-17)24(26,27)28)12-32-20-4-1-14(7-16(20)10-30-32)8-21-22(33)31(23(34)36-21)13-18-11-29-5-6-35-18/h1-4,7-10,18,29H,5-6,11-13H2/t18-/m0/s1. The van der Waals surface area contributed by atoms with E-state index in [-0.39, 0.29) is 40.9 Å². The first kappa shape index (κ1) is 24.8. The van der Waals surface area contributed by atoms with Gasteiger partial charge in [0, 0.05) is 23.5 Å². The van der Waals surface area contributed by atoms with Gasteiger partial charge in [0.05, 0.1) is 48.0 Å². The van der Waals surface area contributed by atoms with Crippen LogP contribution in [0.4, 0.5) is 18.0 Å². The highest BCUT2D eigenvalue weighted by Crippen LogP contribution is 2.35. The summed E-state index contributed by atoms with van der Waals surface area (Å²) >= 11 is 6.64. The van der Waals surface area contributed by atoms with E-state index in [2.05, 4.69) is 10.4 Å². The molecule has 2 fully saturated rings. The quantitative estimate of drug-likeness (QED) is 0.473. The van der Waals surface area contributed by atoms with Crippen molar-refractivity contribution in [3.8, 4) is 0 Å². The molecule has 1 aromatic heterocycles. The first-order chi connectivity index (χ1) is 17.2. The summed E-state index contributed by atoms with van der Waals surface area (Å²) in [6.07, 6.45) is -1.61. The lowest BCUT2D eigenvalue weighted by atomic mass is 10.1. The molecule has 12 heteroatoms. The number of alkyl halides is 3. The van der Waals surface area contributed by atoms with Gasteiger partial charge in [-0.1, -0.05) is 23.7 Å². The van der Waals surface area contributed by atoms with Crippen LogP contribution in [0.3, 0.4) is 0 Å². The monoisotopic (exact) mass is 536 g/mol. The van der Waals surface area contributed by atoms with Gasteiger partial charge in [0.2, 0.25) is 0 Å². The average molecular weight is 537 g/mol. The highest BCUT2D eigenvalue weighted by Gasteiger charge is 2.37. The van der Waals surface area contributed by atoms with Crippen LogP contribution >= 0.6 is 23.4 Å². The lowest BCUT2D eigenvalue weighted by Crippen LogP contribution is -2.46. The van der Waals surface area contributed by atoms with Crippen molar-refractivity contribution in [1.82, 2.24) is 20.0 Å². The number of carbonyl (C=O) groups is 2. The molecule has 1 N–H and O–H groups in total. The van der Waals surface area contributed by atoms with Crippen molar-refractivity contribution in [2.24, 2.45) is 0 Å². The molecule has 188 valence electrons. The van der Waals surface area contributed by atoms with Crippen LogP contribution in [0.15, 0.2) is 47.5 Å². The lowest BCUT2D eigenvalue weighted by molar-refractivity contribution is -0.138. The molecule has 3 aromatic rings. The summed E-state index contributed by atoms with van der Waals surface area (Å²) < 4.78 is 47.5. The number of carbonyl (C=O) groups excluding carboxylic acids is 2. The van der Waals surface area contributed by atoms with Crippen molar-refractivity contribution in [3.63, 3.8) is 0 Å². The molecule has 0 unspecified atom stereocenters. The maximum atomic E-state index is 13.5. The van der Waals surface area contributed by atoms with Crippen LogP contribution in [-0.4, -0.2) is 58.2 Å². The molecule has 7 nitrogen and oxygen atoms in total. The van der Waals surface area contributed by atoms with Crippen LogP contribution < -0.4 is 5.32 Å². The zero-order valence-electron chi connectivity index (χ0n) is 18.7. The van der Waals surface area contributed by atoms with Crippen molar-refractivity contribution in [2.75, 3.05) is 26.2 Å². The lowest BCUT2D eigenvalue weighted by Gasteiger charge is -2.26. The van der Waals surface area contributed by atoms with Crippen molar-refractivity contribution in [3.05, 3.63) is 69.2 Å². The maximum Gasteiger partial charge on any atom is 0.416 e. The van der Waals surface area contributed by atoms with Gasteiger partial charge in [-0.05, 0) is 53.2 Å². The van der Waals surface area contributed by atoms with Gasteiger partial charge in [0.1, 0.15) is 0 Å². The molecule has 2 aliphatic heterocycles. The van der Waals surface area contributed by atoms with Crippen molar-refractivity contribution >= 4 is 51.5 Å². The normalized spacial score (nSPS) is 20.2. The average Bonchev–Trinajstić information content (AvgIpc) is 3.35. The molecule has 36 heavy (non-hydrogen) atoms. The summed E-state index contributed by atoms with van der Waals surface area (Å²) in [6, 6.07) is 8.90. The third-order valence-corrected chi connectivity index (χ3v) is 7.07. The zero-order chi connectivity index (χ0) is 25.4. The number of halogens is 4. The van der Waals surface area contributed by atoms with E-state index in [0.717, 1.165) is 24.4 Å². The van der Waals surface area contributed by atoms with E-state index >= 15 is 0 Å². The molecular formula is C24H20ClF3N4O3S. The molecular weight excluding hydrogens is 517 g/mol. The summed E-state index contributed by atoms with van der Waals surface area (Å²) in [5, 5.41) is 7.77. The minimum absolute atomic E-state index is 0.00777. The molecule has 2 aromatic carbocycles. The Labute approximate surface area is 213 Å². The summed E-state index contributed by atoms with van der Waals surface area (Å²) in [6.45, 7) is 1.93. The number of imide groups is 1. The number of morpholine rings is 1. The topological polar surface area (TPSA) is 76.5 Å². The molecule has 1 atom stereocenters. The first-order valence-corrected chi connectivity index (χ1v) is 12.3. The number of thioether (sulfide) groups is 1. The number of nitrogens with zero attached hydrogens (tertiary/aromatic N) is 3. The van der Waals surface area contributed by atoms with Crippen LogP contribution in [-0.2, 0) is 22.3 Å². The van der Waals surface area contributed by atoms with Crippen molar-refractivity contribution in [1.29, 1.82) is 0 Å².